The van der Waals surface area contributed by atoms with E-state index in [1.807, 2.05) is 0 Å². The monoisotopic (exact) mass is 323 g/mol. The molecular weight excluding hydrogens is 316 g/mol. The highest BCUT2D eigenvalue weighted by molar-refractivity contribution is 6.06. The van der Waals surface area contributed by atoms with Gasteiger partial charge in [0.1, 0.15) is 0 Å². The maximum absolute atomic E-state index is 13.1. The summed E-state index contributed by atoms with van der Waals surface area (Å²) in [4.78, 5) is 8.86. The molecule has 0 fully saturated rings. The highest BCUT2D eigenvalue weighted by Crippen LogP contribution is 2.48. The number of ether oxygens (including phenoxy) is 1. The predicted octanol–water partition coefficient (Wildman–Crippen LogP) is 3.26. The molecule has 0 spiro atoms. The summed E-state index contributed by atoms with van der Waals surface area (Å²) in [6.45, 7) is 3.08. The van der Waals surface area contributed by atoms with Crippen molar-refractivity contribution in [3.63, 3.8) is 0 Å². The molecule has 1 aromatic heterocycles. The fourth-order valence-corrected chi connectivity index (χ4v) is 1.59. The van der Waals surface area contributed by atoms with E-state index < -0.39 is 29.8 Å². The van der Waals surface area contributed by atoms with Gasteiger partial charge in [0.15, 0.2) is 0 Å². The Bertz CT molecular complexity index is 619. The van der Waals surface area contributed by atoms with Crippen LogP contribution in [0.3, 0.4) is 0 Å². The van der Waals surface area contributed by atoms with Gasteiger partial charge in [-0.05, 0) is 18.2 Å². The van der Waals surface area contributed by atoms with Gasteiger partial charge in [0, 0.05) is 12.4 Å². The Balaban J connectivity index is 2.69. The molecule has 0 bridgehead atoms. The minimum absolute atomic E-state index is 0.158. The van der Waals surface area contributed by atoms with E-state index in [4.69, 9.17) is 4.74 Å². The zero-order chi connectivity index (χ0) is 16.6. The molecule has 0 amide bonds. The van der Waals surface area contributed by atoms with Crippen molar-refractivity contribution in [3.8, 4) is 0 Å². The first-order chi connectivity index (χ1) is 10.1. The number of aliphatic imine (C=N–C) groups is 2. The van der Waals surface area contributed by atoms with E-state index >= 15 is 0 Å². The highest BCUT2D eigenvalue weighted by atomic mass is 19.4. The van der Waals surface area contributed by atoms with Gasteiger partial charge in [-0.15, -0.1) is 0 Å². The lowest BCUT2D eigenvalue weighted by atomic mass is 10.1. The Hall–Kier alpha value is -2.39. The third kappa shape index (κ3) is 2.55. The molecule has 1 aromatic rings. The van der Waals surface area contributed by atoms with Crippen molar-refractivity contribution in [3.05, 3.63) is 42.7 Å². The fraction of sp³-hybridized carbons (Fsp3) is 0.250. The van der Waals surface area contributed by atoms with Crippen molar-refractivity contribution in [1.82, 2.24) is 4.98 Å². The third-order valence-electron chi connectivity index (χ3n) is 2.61. The van der Waals surface area contributed by atoms with Gasteiger partial charge in [-0.1, -0.05) is 6.58 Å². The number of alkyl halides is 6. The van der Waals surface area contributed by atoms with Crippen LogP contribution in [0.2, 0.25) is 0 Å². The van der Waals surface area contributed by atoms with Crippen LogP contribution in [0.4, 0.5) is 26.3 Å². The minimum atomic E-state index is -5.81. The Kier molecular flexibility index (Phi) is 3.71. The predicted molar refractivity (Wildman–Crippen MR) is 64.3 cm³/mol. The molecule has 0 N–H and O–H groups in total. The number of aromatic nitrogens is 1. The average Bonchev–Trinajstić information content (AvgIpc) is 2.45. The minimum Gasteiger partial charge on any atom is -0.421 e. The highest BCUT2D eigenvalue weighted by Gasteiger charge is 2.73. The van der Waals surface area contributed by atoms with Crippen molar-refractivity contribution >= 4 is 11.8 Å². The van der Waals surface area contributed by atoms with Gasteiger partial charge < -0.3 is 4.74 Å². The molecule has 22 heavy (non-hydrogen) atoms. The van der Waals surface area contributed by atoms with Gasteiger partial charge in [-0.3, -0.25) is 4.98 Å². The molecule has 2 rings (SSSR count). The first-order valence-electron chi connectivity index (χ1n) is 5.64. The number of pyridine rings is 1. The summed E-state index contributed by atoms with van der Waals surface area (Å²) in [5.74, 6) is -1.84. The number of nitrogens with zero attached hydrogens (tertiary/aromatic N) is 3. The molecule has 118 valence electrons. The second-order valence-corrected chi connectivity index (χ2v) is 4.08. The van der Waals surface area contributed by atoms with Gasteiger partial charge in [0.25, 0.3) is 0 Å². The molecule has 1 aliphatic heterocycles. The summed E-state index contributed by atoms with van der Waals surface area (Å²) >= 11 is 0. The second-order valence-electron chi connectivity index (χ2n) is 4.08. The molecule has 0 aliphatic carbocycles. The van der Waals surface area contributed by atoms with Crippen molar-refractivity contribution < 1.29 is 31.1 Å². The molecule has 0 saturated heterocycles. The van der Waals surface area contributed by atoms with Crippen molar-refractivity contribution in [2.75, 3.05) is 0 Å². The molecule has 0 unspecified atom stereocenters. The first-order valence-corrected chi connectivity index (χ1v) is 5.64. The zero-order valence-electron chi connectivity index (χ0n) is 10.6. The summed E-state index contributed by atoms with van der Waals surface area (Å²) in [5.41, 5.74) is -4.80. The lowest BCUT2D eigenvalue weighted by Gasteiger charge is -2.33. The molecule has 2 heterocycles. The van der Waals surface area contributed by atoms with Gasteiger partial charge in [0.2, 0.25) is 11.8 Å². The molecular formula is C12H7F6N3O. The number of hydrogen-bond donors (Lipinski definition) is 0. The Morgan fingerprint density at radius 2 is 1.73 bits per heavy atom. The number of halogens is 6. The third-order valence-corrected chi connectivity index (χ3v) is 2.61. The van der Waals surface area contributed by atoms with Crippen molar-refractivity contribution in [1.29, 1.82) is 0 Å². The fourth-order valence-electron chi connectivity index (χ4n) is 1.59. The molecule has 1 aliphatic rings. The van der Waals surface area contributed by atoms with E-state index in [1.54, 1.807) is 0 Å². The van der Waals surface area contributed by atoms with E-state index in [0.717, 1.165) is 6.20 Å². The van der Waals surface area contributed by atoms with E-state index in [-0.39, 0.29) is 5.56 Å². The summed E-state index contributed by atoms with van der Waals surface area (Å²) < 4.78 is 83.1. The Morgan fingerprint density at radius 3 is 2.18 bits per heavy atom. The van der Waals surface area contributed by atoms with Gasteiger partial charge >= 0.3 is 18.0 Å². The van der Waals surface area contributed by atoms with Gasteiger partial charge in [0.05, 0.1) is 5.56 Å². The lowest BCUT2D eigenvalue weighted by molar-refractivity contribution is -0.293. The van der Waals surface area contributed by atoms with E-state index in [2.05, 4.69) is 21.5 Å². The van der Waals surface area contributed by atoms with Crippen LogP contribution in [0.25, 0.3) is 0 Å². The topological polar surface area (TPSA) is 46.8 Å². The smallest absolute Gasteiger partial charge is 0.421 e. The molecule has 0 saturated carbocycles. The van der Waals surface area contributed by atoms with Crippen LogP contribution in [-0.2, 0) is 4.74 Å². The maximum Gasteiger partial charge on any atom is 0.443 e. The van der Waals surface area contributed by atoms with E-state index in [0.29, 0.717) is 6.08 Å². The summed E-state index contributed by atoms with van der Waals surface area (Å²) in [5, 5.41) is 0. The summed E-state index contributed by atoms with van der Waals surface area (Å²) in [7, 11) is 0. The quantitative estimate of drug-likeness (QED) is 0.784. The Labute approximate surface area is 119 Å². The van der Waals surface area contributed by atoms with Crippen LogP contribution >= 0.6 is 0 Å². The first kappa shape index (κ1) is 16.0. The number of hydrogen-bond acceptors (Lipinski definition) is 4. The average molecular weight is 323 g/mol. The Morgan fingerprint density at radius 1 is 1.09 bits per heavy atom. The van der Waals surface area contributed by atoms with Gasteiger partial charge in [-0.25, -0.2) is 9.98 Å². The molecule has 0 aromatic carbocycles. The molecule has 0 atom stereocenters. The van der Waals surface area contributed by atoms with Crippen LogP contribution < -0.4 is 0 Å². The zero-order valence-corrected chi connectivity index (χ0v) is 10.6. The molecule has 4 nitrogen and oxygen atoms in total. The van der Waals surface area contributed by atoms with Crippen LogP contribution in [0.15, 0.2) is 47.2 Å². The lowest BCUT2D eigenvalue weighted by Crippen LogP contribution is -2.56. The summed E-state index contributed by atoms with van der Waals surface area (Å²) in [6.07, 6.45) is -8.68. The second kappa shape index (κ2) is 5.11. The van der Waals surface area contributed by atoms with E-state index in [1.165, 1.54) is 18.3 Å². The maximum atomic E-state index is 13.1. The van der Waals surface area contributed by atoms with Crippen LogP contribution in [0, 0.1) is 0 Å². The standard InChI is InChI=1S/C12H7F6N3O/c1-2-8-20-10(11(13,14)15,12(16,17)18)21-9(22-8)7-4-3-5-19-6-7/h2-6H,1H2. The van der Waals surface area contributed by atoms with Crippen LogP contribution in [0.1, 0.15) is 5.56 Å². The van der Waals surface area contributed by atoms with Crippen LogP contribution in [0.5, 0.6) is 0 Å². The molecule has 0 radical (unpaired) electrons. The SMILES string of the molecule is C=CC1=NC(C(F)(F)F)(C(F)(F)F)N=C(c2cccnc2)O1. The summed E-state index contributed by atoms with van der Waals surface area (Å²) in [6, 6.07) is 2.51. The normalized spacial score (nSPS) is 18.1. The van der Waals surface area contributed by atoms with Gasteiger partial charge in [-0.2, -0.15) is 26.3 Å². The largest absolute Gasteiger partial charge is 0.443 e. The van der Waals surface area contributed by atoms with Crippen molar-refractivity contribution in [2.24, 2.45) is 9.98 Å². The van der Waals surface area contributed by atoms with Crippen molar-refractivity contribution in [2.45, 2.75) is 18.0 Å². The van der Waals surface area contributed by atoms with Crippen LogP contribution in [-0.4, -0.2) is 34.8 Å². The van der Waals surface area contributed by atoms with E-state index in [9.17, 15) is 26.3 Å². The number of rotatable bonds is 2. The molecule has 10 heteroatoms.